The molecule has 0 amide bonds. The largest absolute Gasteiger partial charge is 0.511 e. The fraction of sp³-hybridized carbons (Fsp3) is 0.421. The maximum atomic E-state index is 9.93. The number of nitrogens with zero attached hydrogens (tertiary/aromatic N) is 1. The first-order valence-corrected chi connectivity index (χ1v) is 7.93. The Kier molecular flexibility index (Phi) is 5.61. The summed E-state index contributed by atoms with van der Waals surface area (Å²) >= 11 is 0. The molecule has 2 rings (SSSR count). The first kappa shape index (κ1) is 17.3. The molecule has 0 saturated heterocycles. The monoisotopic (exact) mass is 314 g/mol. The summed E-state index contributed by atoms with van der Waals surface area (Å²) in [5, 5.41) is 13.2. The number of rotatable bonds is 6. The minimum absolute atomic E-state index is 0.101. The molecule has 23 heavy (non-hydrogen) atoms. The van der Waals surface area contributed by atoms with Crippen molar-refractivity contribution in [2.75, 3.05) is 13.7 Å². The molecule has 0 fully saturated rings. The van der Waals surface area contributed by atoms with Gasteiger partial charge >= 0.3 is 0 Å². The van der Waals surface area contributed by atoms with Crippen molar-refractivity contribution < 1.29 is 9.84 Å². The second kappa shape index (κ2) is 7.47. The Morgan fingerprint density at radius 2 is 2.22 bits per heavy atom. The lowest BCUT2D eigenvalue weighted by Gasteiger charge is -2.36. The molecule has 4 heteroatoms. The van der Waals surface area contributed by atoms with Crippen LogP contribution in [0.3, 0.4) is 0 Å². The molecular weight excluding hydrogens is 288 g/mol. The molecule has 124 valence electrons. The van der Waals surface area contributed by atoms with Crippen LogP contribution < -0.4 is 5.32 Å². The predicted molar refractivity (Wildman–Crippen MR) is 96.1 cm³/mol. The summed E-state index contributed by atoms with van der Waals surface area (Å²) in [5.74, 6) is 0.229. The highest BCUT2D eigenvalue weighted by molar-refractivity contribution is 5.83. The quantitative estimate of drug-likeness (QED) is 0.622. The number of hydrogen-bond acceptors (Lipinski definition) is 4. The van der Waals surface area contributed by atoms with E-state index in [1.165, 1.54) is 0 Å². The zero-order valence-corrected chi connectivity index (χ0v) is 14.2. The molecule has 1 aliphatic heterocycles. The van der Waals surface area contributed by atoms with Crippen LogP contribution in [0.4, 0.5) is 0 Å². The molecule has 1 aromatic carbocycles. The third-order valence-electron chi connectivity index (χ3n) is 4.05. The summed E-state index contributed by atoms with van der Waals surface area (Å²) in [7, 11) is 1.68. The van der Waals surface area contributed by atoms with Gasteiger partial charge in [0.1, 0.15) is 5.76 Å². The molecule has 1 heterocycles. The Morgan fingerprint density at radius 3 is 2.83 bits per heavy atom. The Bertz CT molecular complexity index is 620. The number of aliphatic hydroxyl groups is 1. The number of hydrogen-bond donors (Lipinski definition) is 2. The number of fused-ring (bicyclic) bond motifs is 1. The molecule has 0 spiro atoms. The second-order valence-corrected chi connectivity index (χ2v) is 6.20. The van der Waals surface area contributed by atoms with Gasteiger partial charge in [-0.25, -0.2) is 0 Å². The summed E-state index contributed by atoms with van der Waals surface area (Å²) in [6.45, 7) is 12.5. The van der Waals surface area contributed by atoms with Gasteiger partial charge in [-0.2, -0.15) is 0 Å². The highest BCUT2D eigenvalue weighted by atomic mass is 16.5. The molecule has 0 aliphatic carbocycles. The molecule has 2 unspecified atom stereocenters. The Morgan fingerprint density at radius 1 is 1.48 bits per heavy atom. The van der Waals surface area contributed by atoms with Crippen molar-refractivity contribution in [1.29, 1.82) is 0 Å². The van der Waals surface area contributed by atoms with E-state index in [0.717, 1.165) is 28.8 Å². The number of aliphatic imine (C=N–C) groups is 1. The van der Waals surface area contributed by atoms with Crippen LogP contribution in [-0.2, 0) is 4.74 Å². The number of ether oxygens (including phenoxy) is 1. The third-order valence-corrected chi connectivity index (χ3v) is 4.05. The maximum Gasteiger partial charge on any atom is 0.108 e. The molecule has 0 radical (unpaired) electrons. The molecule has 1 aromatic rings. The highest BCUT2D eigenvalue weighted by Crippen LogP contribution is 2.37. The van der Waals surface area contributed by atoms with Crippen LogP contribution in [0.15, 0.2) is 42.1 Å². The maximum absolute atomic E-state index is 9.93. The lowest BCUT2D eigenvalue weighted by Crippen LogP contribution is -2.40. The number of methoxy groups -OCH3 is 1. The van der Waals surface area contributed by atoms with E-state index in [9.17, 15) is 5.11 Å². The van der Waals surface area contributed by atoms with E-state index >= 15 is 0 Å². The molecule has 4 nitrogen and oxygen atoms in total. The van der Waals surface area contributed by atoms with Crippen molar-refractivity contribution in [2.24, 2.45) is 4.99 Å². The van der Waals surface area contributed by atoms with Crippen LogP contribution in [-0.4, -0.2) is 37.1 Å². The van der Waals surface area contributed by atoms with Gasteiger partial charge in [-0.05, 0) is 37.5 Å². The topological polar surface area (TPSA) is 53.8 Å². The predicted octanol–water partition coefficient (Wildman–Crippen LogP) is 3.65. The average molecular weight is 314 g/mol. The Balaban J connectivity index is 2.39. The van der Waals surface area contributed by atoms with Crippen LogP contribution in [0, 0.1) is 0 Å². The van der Waals surface area contributed by atoms with E-state index < -0.39 is 0 Å². The van der Waals surface area contributed by atoms with Gasteiger partial charge in [0.25, 0.3) is 0 Å². The van der Waals surface area contributed by atoms with Crippen molar-refractivity contribution in [1.82, 2.24) is 5.32 Å². The standard InChI is InChI=1S/C19H26N2O2/c1-12(2)20-11-15-6-7-16-17(8-9-23-5)19(14(4)22)21-13(3)18(16)10-15/h6-7,10-12,17,19,21-22H,3-4,8-9H2,1-2,5H3. The Hall–Kier alpha value is -2.07. The van der Waals surface area contributed by atoms with Crippen LogP contribution in [0.1, 0.15) is 42.9 Å². The zero-order chi connectivity index (χ0) is 17.0. The van der Waals surface area contributed by atoms with Crippen molar-refractivity contribution in [3.63, 3.8) is 0 Å². The minimum atomic E-state index is -0.236. The molecule has 0 saturated carbocycles. The van der Waals surface area contributed by atoms with Crippen molar-refractivity contribution in [3.05, 3.63) is 53.8 Å². The SMILES string of the molecule is C=C1NC(C(=C)O)C(CCOC)c2ccc(C=NC(C)C)cc21. The van der Waals surface area contributed by atoms with Gasteiger partial charge in [0.15, 0.2) is 0 Å². The van der Waals surface area contributed by atoms with Gasteiger partial charge in [-0.15, -0.1) is 0 Å². The van der Waals surface area contributed by atoms with E-state index in [0.29, 0.717) is 6.61 Å². The molecule has 2 atom stereocenters. The summed E-state index contributed by atoms with van der Waals surface area (Å²) in [5.41, 5.74) is 4.07. The number of aliphatic hydroxyl groups excluding tert-OH is 1. The highest BCUT2D eigenvalue weighted by Gasteiger charge is 2.32. The lowest BCUT2D eigenvalue weighted by molar-refractivity contribution is 0.179. The third kappa shape index (κ3) is 4.02. The molecule has 0 aromatic heterocycles. The van der Waals surface area contributed by atoms with E-state index in [1.54, 1.807) is 7.11 Å². The van der Waals surface area contributed by atoms with Crippen LogP contribution in [0.25, 0.3) is 5.70 Å². The molecular formula is C19H26N2O2. The van der Waals surface area contributed by atoms with E-state index in [4.69, 9.17) is 4.74 Å². The van der Waals surface area contributed by atoms with Crippen molar-refractivity contribution >= 4 is 11.9 Å². The first-order valence-electron chi connectivity index (χ1n) is 7.93. The summed E-state index contributed by atoms with van der Waals surface area (Å²) in [6, 6.07) is 6.27. The van der Waals surface area contributed by atoms with E-state index in [1.807, 2.05) is 20.1 Å². The summed E-state index contributed by atoms with van der Waals surface area (Å²) < 4.78 is 5.22. The van der Waals surface area contributed by atoms with Crippen LogP contribution >= 0.6 is 0 Å². The average Bonchev–Trinajstić information content (AvgIpc) is 2.51. The van der Waals surface area contributed by atoms with E-state index in [2.05, 4.69) is 41.7 Å². The van der Waals surface area contributed by atoms with Gasteiger partial charge in [0, 0.05) is 43.2 Å². The number of benzene rings is 1. The van der Waals surface area contributed by atoms with Gasteiger partial charge in [0.05, 0.1) is 6.04 Å². The second-order valence-electron chi connectivity index (χ2n) is 6.20. The summed E-state index contributed by atoms with van der Waals surface area (Å²) in [4.78, 5) is 4.43. The molecule has 1 aliphatic rings. The number of nitrogens with one attached hydrogen (secondary N) is 1. The normalized spacial score (nSPS) is 20.6. The first-order chi connectivity index (χ1) is 10.9. The van der Waals surface area contributed by atoms with Crippen LogP contribution in [0.2, 0.25) is 0 Å². The fourth-order valence-corrected chi connectivity index (χ4v) is 2.90. The smallest absolute Gasteiger partial charge is 0.108 e. The fourth-order valence-electron chi connectivity index (χ4n) is 2.90. The molecule has 0 bridgehead atoms. The van der Waals surface area contributed by atoms with Gasteiger partial charge in [-0.3, -0.25) is 4.99 Å². The minimum Gasteiger partial charge on any atom is -0.511 e. The summed E-state index contributed by atoms with van der Waals surface area (Å²) in [6.07, 6.45) is 2.69. The van der Waals surface area contributed by atoms with Crippen molar-refractivity contribution in [3.8, 4) is 0 Å². The Labute approximate surface area is 138 Å². The lowest BCUT2D eigenvalue weighted by atomic mass is 9.80. The van der Waals surface area contributed by atoms with Crippen molar-refractivity contribution in [2.45, 2.75) is 38.3 Å². The van der Waals surface area contributed by atoms with E-state index in [-0.39, 0.29) is 23.8 Å². The molecule has 2 N–H and O–H groups in total. The van der Waals surface area contributed by atoms with Gasteiger partial charge in [-0.1, -0.05) is 25.3 Å². The van der Waals surface area contributed by atoms with Gasteiger partial charge < -0.3 is 15.2 Å². The van der Waals surface area contributed by atoms with Gasteiger partial charge in [0.2, 0.25) is 0 Å². The zero-order valence-electron chi connectivity index (χ0n) is 14.2. The van der Waals surface area contributed by atoms with Crippen LogP contribution in [0.5, 0.6) is 0 Å².